The summed E-state index contributed by atoms with van der Waals surface area (Å²) in [6, 6.07) is 19.2. The van der Waals surface area contributed by atoms with Gasteiger partial charge in [-0.05, 0) is 95.1 Å². The van der Waals surface area contributed by atoms with Crippen LogP contribution < -0.4 is 14.2 Å². The molecular formula is C28H25Br2NO5S. The zero-order valence-corrected chi connectivity index (χ0v) is 24.3. The van der Waals surface area contributed by atoms with Gasteiger partial charge in [0.05, 0.1) is 22.5 Å². The van der Waals surface area contributed by atoms with Gasteiger partial charge in [0.15, 0.2) is 11.5 Å². The second kappa shape index (κ2) is 12.7. The summed E-state index contributed by atoms with van der Waals surface area (Å²) in [5.41, 5.74) is 2.86. The molecule has 2 amide bonds. The van der Waals surface area contributed by atoms with E-state index < -0.39 is 0 Å². The average Bonchev–Trinajstić information content (AvgIpc) is 3.13. The highest BCUT2D eigenvalue weighted by Crippen LogP contribution is 2.39. The molecule has 0 spiro atoms. The van der Waals surface area contributed by atoms with Crippen LogP contribution in [0.3, 0.4) is 0 Å². The minimum Gasteiger partial charge on any atom is -0.492 e. The number of rotatable bonds is 10. The Morgan fingerprint density at radius 3 is 2.38 bits per heavy atom. The minimum atomic E-state index is -0.341. The van der Waals surface area contributed by atoms with Gasteiger partial charge in [0.2, 0.25) is 0 Å². The Morgan fingerprint density at radius 2 is 1.68 bits per heavy atom. The minimum absolute atomic E-state index is 0.173. The van der Waals surface area contributed by atoms with Crippen LogP contribution in [0.1, 0.15) is 23.6 Å². The topological polar surface area (TPSA) is 65.1 Å². The highest BCUT2D eigenvalue weighted by Gasteiger charge is 2.35. The fraction of sp³-hybridized carbons (Fsp3) is 0.214. The fourth-order valence-electron chi connectivity index (χ4n) is 3.54. The molecule has 3 aromatic carbocycles. The van der Waals surface area contributed by atoms with E-state index in [1.165, 1.54) is 4.90 Å². The maximum atomic E-state index is 12.9. The van der Waals surface area contributed by atoms with Crippen LogP contribution in [0.25, 0.3) is 6.08 Å². The molecule has 0 saturated carbocycles. The van der Waals surface area contributed by atoms with Gasteiger partial charge in [0.25, 0.3) is 11.1 Å². The van der Waals surface area contributed by atoms with Crippen molar-refractivity contribution < 1.29 is 23.8 Å². The number of imide groups is 1. The van der Waals surface area contributed by atoms with Gasteiger partial charge in [0, 0.05) is 4.47 Å². The van der Waals surface area contributed by atoms with Crippen LogP contribution >= 0.6 is 43.6 Å². The Morgan fingerprint density at radius 1 is 0.946 bits per heavy atom. The van der Waals surface area contributed by atoms with Gasteiger partial charge in [-0.15, -0.1) is 0 Å². The third-order valence-corrected chi connectivity index (χ3v) is 7.43. The smallest absolute Gasteiger partial charge is 0.293 e. The molecular weight excluding hydrogens is 622 g/mol. The lowest BCUT2D eigenvalue weighted by molar-refractivity contribution is -0.123. The number of thioether (sulfide) groups is 1. The van der Waals surface area contributed by atoms with Crippen molar-refractivity contribution in [2.75, 3.05) is 19.8 Å². The summed E-state index contributed by atoms with van der Waals surface area (Å²) in [5, 5.41) is -0.317. The lowest BCUT2D eigenvalue weighted by Gasteiger charge is -2.15. The molecule has 9 heteroatoms. The Labute approximate surface area is 237 Å². The number of hydrogen-bond acceptors (Lipinski definition) is 6. The number of halogens is 2. The molecule has 0 aliphatic carbocycles. The molecule has 1 aliphatic heterocycles. The molecule has 0 unspecified atom stereocenters. The Balaban J connectivity index is 1.45. The molecule has 192 valence electrons. The predicted molar refractivity (Wildman–Crippen MR) is 153 cm³/mol. The van der Waals surface area contributed by atoms with E-state index in [0.29, 0.717) is 45.4 Å². The number of benzene rings is 3. The molecule has 1 fully saturated rings. The first kappa shape index (κ1) is 27.3. The summed E-state index contributed by atoms with van der Waals surface area (Å²) in [7, 11) is 0. The molecule has 0 radical (unpaired) electrons. The quantitative estimate of drug-likeness (QED) is 0.211. The van der Waals surface area contributed by atoms with Gasteiger partial charge >= 0.3 is 0 Å². The summed E-state index contributed by atoms with van der Waals surface area (Å²) in [6.07, 6.45) is 1.69. The van der Waals surface area contributed by atoms with E-state index in [0.717, 1.165) is 27.4 Å². The van der Waals surface area contributed by atoms with E-state index in [1.54, 1.807) is 12.1 Å². The molecule has 3 aromatic rings. The lowest BCUT2D eigenvalue weighted by Crippen LogP contribution is -2.32. The highest BCUT2D eigenvalue weighted by molar-refractivity contribution is 9.10. The van der Waals surface area contributed by atoms with Gasteiger partial charge in [-0.25, -0.2) is 0 Å². The van der Waals surface area contributed by atoms with Crippen LogP contribution in [0.2, 0.25) is 0 Å². The standard InChI is InChI=1S/C28H25Br2NO5S/c1-3-34-24-15-20(14-23(30)26(24)36-17-19-6-8-21(29)9-7-19)16-25-27(32)31(28(33)37-25)12-13-35-22-10-4-18(2)5-11-22/h4-11,14-16H,3,12-13,17H2,1-2H3/b25-16-. The normalized spacial score (nSPS) is 14.4. The van der Waals surface area contributed by atoms with Gasteiger partial charge in [-0.1, -0.05) is 45.8 Å². The zero-order valence-electron chi connectivity index (χ0n) is 20.3. The van der Waals surface area contributed by atoms with Gasteiger partial charge in [-0.2, -0.15) is 0 Å². The van der Waals surface area contributed by atoms with Crippen LogP contribution in [0, 0.1) is 6.92 Å². The zero-order chi connectivity index (χ0) is 26.4. The van der Waals surface area contributed by atoms with E-state index in [9.17, 15) is 9.59 Å². The Hall–Kier alpha value is -2.75. The monoisotopic (exact) mass is 645 g/mol. The molecule has 0 atom stereocenters. The van der Waals surface area contributed by atoms with Crippen molar-refractivity contribution in [3.05, 3.63) is 91.2 Å². The lowest BCUT2D eigenvalue weighted by atomic mass is 10.1. The first-order valence-corrected chi connectivity index (χ1v) is 14.0. The molecule has 6 nitrogen and oxygen atoms in total. The van der Waals surface area contributed by atoms with Crippen LogP contribution in [0.4, 0.5) is 4.79 Å². The van der Waals surface area contributed by atoms with Crippen LogP contribution in [-0.2, 0) is 11.4 Å². The third-order valence-electron chi connectivity index (χ3n) is 5.40. The number of ether oxygens (including phenoxy) is 3. The van der Waals surface area contributed by atoms with Crippen LogP contribution in [0.15, 0.2) is 74.5 Å². The molecule has 0 aromatic heterocycles. The predicted octanol–water partition coefficient (Wildman–Crippen LogP) is 7.61. The SMILES string of the molecule is CCOc1cc(/C=C2\SC(=O)N(CCOc3ccc(C)cc3)C2=O)cc(Br)c1OCc1ccc(Br)cc1. The first-order chi connectivity index (χ1) is 17.8. The maximum Gasteiger partial charge on any atom is 0.293 e. The fourth-order valence-corrected chi connectivity index (χ4v) is 5.25. The largest absolute Gasteiger partial charge is 0.492 e. The number of carbonyl (C=O) groups excluding carboxylic acids is 2. The van der Waals surface area contributed by atoms with Crippen LogP contribution in [-0.4, -0.2) is 35.8 Å². The summed E-state index contributed by atoms with van der Waals surface area (Å²) < 4.78 is 19.3. The number of hydrogen-bond donors (Lipinski definition) is 0. The van der Waals surface area contributed by atoms with E-state index in [4.69, 9.17) is 14.2 Å². The van der Waals surface area contributed by atoms with Crippen LogP contribution in [0.5, 0.6) is 17.2 Å². The second-order valence-electron chi connectivity index (χ2n) is 8.17. The second-order valence-corrected chi connectivity index (χ2v) is 10.9. The maximum absolute atomic E-state index is 12.9. The molecule has 0 N–H and O–H groups in total. The number of amides is 2. The van der Waals surface area contributed by atoms with E-state index in [-0.39, 0.29) is 24.3 Å². The summed E-state index contributed by atoms with van der Waals surface area (Å²) in [6.45, 7) is 5.10. The van der Waals surface area contributed by atoms with Gasteiger partial charge < -0.3 is 14.2 Å². The summed E-state index contributed by atoms with van der Waals surface area (Å²) in [4.78, 5) is 27.0. The van der Waals surface area contributed by atoms with Crippen molar-refractivity contribution >= 4 is 60.8 Å². The molecule has 0 bridgehead atoms. The molecule has 37 heavy (non-hydrogen) atoms. The van der Waals surface area contributed by atoms with Crippen molar-refractivity contribution in [1.82, 2.24) is 4.90 Å². The highest BCUT2D eigenvalue weighted by atomic mass is 79.9. The third kappa shape index (κ3) is 7.18. The van der Waals surface area contributed by atoms with Gasteiger partial charge in [0.1, 0.15) is 19.0 Å². The van der Waals surface area contributed by atoms with Crippen molar-refractivity contribution in [3.63, 3.8) is 0 Å². The van der Waals surface area contributed by atoms with Crippen molar-refractivity contribution in [2.24, 2.45) is 0 Å². The Bertz CT molecular complexity index is 1310. The average molecular weight is 647 g/mol. The molecule has 4 rings (SSSR count). The van der Waals surface area contributed by atoms with Crippen molar-refractivity contribution in [1.29, 1.82) is 0 Å². The van der Waals surface area contributed by atoms with E-state index >= 15 is 0 Å². The van der Waals surface area contributed by atoms with Crippen molar-refractivity contribution in [3.8, 4) is 17.2 Å². The van der Waals surface area contributed by atoms with Gasteiger partial charge in [-0.3, -0.25) is 14.5 Å². The molecule has 1 heterocycles. The number of carbonyl (C=O) groups is 2. The van der Waals surface area contributed by atoms with E-state index in [2.05, 4.69) is 31.9 Å². The number of aryl methyl sites for hydroxylation is 1. The van der Waals surface area contributed by atoms with E-state index in [1.807, 2.05) is 68.4 Å². The number of nitrogens with zero attached hydrogens (tertiary/aromatic N) is 1. The summed E-state index contributed by atoms with van der Waals surface area (Å²) in [5.74, 6) is 1.48. The Kier molecular flexibility index (Phi) is 9.34. The molecule has 1 aliphatic rings. The first-order valence-electron chi connectivity index (χ1n) is 11.6. The summed E-state index contributed by atoms with van der Waals surface area (Å²) >= 11 is 7.92. The van der Waals surface area contributed by atoms with Crippen molar-refractivity contribution in [2.45, 2.75) is 20.5 Å². The molecule has 1 saturated heterocycles.